The second kappa shape index (κ2) is 8.49. The van der Waals surface area contributed by atoms with E-state index in [1.165, 1.54) is 12.1 Å². The molecule has 1 amide bonds. The van der Waals surface area contributed by atoms with E-state index >= 15 is 0 Å². The summed E-state index contributed by atoms with van der Waals surface area (Å²) in [6.45, 7) is 2.83. The van der Waals surface area contributed by atoms with Gasteiger partial charge in [-0.3, -0.25) is 9.69 Å². The van der Waals surface area contributed by atoms with E-state index in [1.54, 1.807) is 25.3 Å². The van der Waals surface area contributed by atoms with Crippen molar-refractivity contribution in [2.45, 2.75) is 31.8 Å². The van der Waals surface area contributed by atoms with E-state index in [0.29, 0.717) is 30.3 Å². The number of benzene rings is 2. The Bertz CT molecular complexity index is 889. The van der Waals surface area contributed by atoms with Crippen LogP contribution in [0.1, 0.15) is 35.2 Å². The van der Waals surface area contributed by atoms with Gasteiger partial charge in [-0.2, -0.15) is 0 Å². The summed E-state index contributed by atoms with van der Waals surface area (Å²) in [5.41, 5.74) is 1.35. The predicted molar refractivity (Wildman–Crippen MR) is 107 cm³/mol. The minimum absolute atomic E-state index is 0.0108. The van der Waals surface area contributed by atoms with Crippen LogP contribution in [0.4, 0.5) is 8.78 Å². The first-order chi connectivity index (χ1) is 14.1. The minimum Gasteiger partial charge on any atom is -0.496 e. The highest BCUT2D eigenvalue weighted by molar-refractivity contribution is 5.97. The van der Waals surface area contributed by atoms with Crippen LogP contribution in [0.15, 0.2) is 42.5 Å². The average molecular weight is 400 g/mol. The van der Waals surface area contributed by atoms with Crippen LogP contribution in [0, 0.1) is 17.6 Å². The molecule has 0 saturated carbocycles. The van der Waals surface area contributed by atoms with Gasteiger partial charge in [-0.15, -0.1) is 0 Å². The molecule has 0 N–H and O–H groups in total. The third kappa shape index (κ3) is 4.13. The molecule has 2 saturated heterocycles. The van der Waals surface area contributed by atoms with Crippen LogP contribution in [0.5, 0.6) is 5.75 Å². The summed E-state index contributed by atoms with van der Waals surface area (Å²) in [7, 11) is 1.57. The maximum absolute atomic E-state index is 13.7. The van der Waals surface area contributed by atoms with Crippen LogP contribution < -0.4 is 4.74 Å². The number of rotatable bonds is 4. The SMILES string of the molecule is COc1ccccc1C(=O)N1C[C@@H]2CCCCN(Cc3ccc(F)c(F)c3)[C@@H]2C1. The number of para-hydroxylation sites is 1. The lowest BCUT2D eigenvalue weighted by molar-refractivity contribution is 0.0769. The second-order valence-electron chi connectivity index (χ2n) is 7.95. The van der Waals surface area contributed by atoms with Crippen molar-refractivity contribution in [3.05, 3.63) is 65.2 Å². The summed E-state index contributed by atoms with van der Waals surface area (Å²) in [4.78, 5) is 17.4. The minimum atomic E-state index is -0.822. The Morgan fingerprint density at radius 2 is 1.93 bits per heavy atom. The third-order valence-corrected chi connectivity index (χ3v) is 6.14. The molecule has 0 aromatic heterocycles. The van der Waals surface area contributed by atoms with Gasteiger partial charge in [-0.05, 0) is 55.1 Å². The molecule has 0 spiro atoms. The van der Waals surface area contributed by atoms with Crippen LogP contribution >= 0.6 is 0 Å². The van der Waals surface area contributed by atoms with Gasteiger partial charge in [-0.25, -0.2) is 8.78 Å². The zero-order valence-corrected chi connectivity index (χ0v) is 16.6. The molecule has 0 bridgehead atoms. The quantitative estimate of drug-likeness (QED) is 0.775. The Balaban J connectivity index is 1.52. The standard InChI is InChI=1S/C23H26F2N2O2/c1-29-22-8-3-2-7-18(22)23(28)27-14-17-6-4-5-11-26(21(17)15-27)13-16-9-10-19(24)20(25)12-16/h2-3,7-10,12,17,21H,4-6,11,13-15H2,1H3/t17-,21+/m0/s1. The Morgan fingerprint density at radius 1 is 1.10 bits per heavy atom. The Kier molecular flexibility index (Phi) is 5.81. The lowest BCUT2D eigenvalue weighted by Gasteiger charge is -2.30. The van der Waals surface area contributed by atoms with Gasteiger partial charge in [0.05, 0.1) is 12.7 Å². The van der Waals surface area contributed by atoms with E-state index in [1.807, 2.05) is 17.0 Å². The van der Waals surface area contributed by atoms with Gasteiger partial charge in [0, 0.05) is 25.7 Å². The number of halogens is 2. The zero-order valence-electron chi connectivity index (χ0n) is 16.6. The van der Waals surface area contributed by atoms with Gasteiger partial charge in [-0.1, -0.05) is 24.6 Å². The molecule has 4 nitrogen and oxygen atoms in total. The van der Waals surface area contributed by atoms with Crippen molar-refractivity contribution >= 4 is 5.91 Å². The largest absolute Gasteiger partial charge is 0.496 e. The molecule has 2 aromatic carbocycles. The summed E-state index contributed by atoms with van der Waals surface area (Å²) in [6, 6.07) is 11.6. The van der Waals surface area contributed by atoms with Gasteiger partial charge < -0.3 is 9.64 Å². The van der Waals surface area contributed by atoms with Crippen molar-refractivity contribution in [1.29, 1.82) is 0 Å². The highest BCUT2D eigenvalue weighted by Crippen LogP contribution is 2.33. The molecule has 2 aliphatic rings. The van der Waals surface area contributed by atoms with Crippen molar-refractivity contribution in [3.63, 3.8) is 0 Å². The molecule has 2 aromatic rings. The maximum Gasteiger partial charge on any atom is 0.257 e. The molecule has 6 heteroatoms. The molecule has 4 rings (SSSR count). The number of amides is 1. The molecular formula is C23H26F2N2O2. The first-order valence-corrected chi connectivity index (χ1v) is 10.2. The Hall–Kier alpha value is -2.47. The van der Waals surface area contributed by atoms with Crippen molar-refractivity contribution in [3.8, 4) is 5.75 Å². The van der Waals surface area contributed by atoms with E-state index in [9.17, 15) is 13.6 Å². The molecule has 2 heterocycles. The number of hydrogen-bond acceptors (Lipinski definition) is 3. The molecule has 0 aliphatic carbocycles. The highest BCUT2D eigenvalue weighted by atomic mass is 19.2. The van der Waals surface area contributed by atoms with Crippen molar-refractivity contribution in [1.82, 2.24) is 9.80 Å². The molecule has 0 radical (unpaired) electrons. The first kappa shape index (κ1) is 19.8. The number of likely N-dealkylation sites (tertiary alicyclic amines) is 2. The number of hydrogen-bond donors (Lipinski definition) is 0. The summed E-state index contributed by atoms with van der Waals surface area (Å²) in [5, 5.41) is 0. The van der Waals surface area contributed by atoms with Crippen molar-refractivity contribution < 1.29 is 18.3 Å². The number of ether oxygens (including phenoxy) is 1. The fraction of sp³-hybridized carbons (Fsp3) is 0.435. The van der Waals surface area contributed by atoms with Gasteiger partial charge in [0.2, 0.25) is 0 Å². The Morgan fingerprint density at radius 3 is 2.72 bits per heavy atom. The normalized spacial score (nSPS) is 22.2. The van der Waals surface area contributed by atoms with Crippen molar-refractivity contribution in [2.24, 2.45) is 5.92 Å². The van der Waals surface area contributed by atoms with Gasteiger partial charge in [0.15, 0.2) is 11.6 Å². The monoisotopic (exact) mass is 400 g/mol. The van der Waals surface area contributed by atoms with E-state index in [2.05, 4.69) is 4.90 Å². The average Bonchev–Trinajstić information content (AvgIpc) is 3.07. The summed E-state index contributed by atoms with van der Waals surface area (Å²) in [5.74, 6) is -0.668. The van der Waals surface area contributed by atoms with Gasteiger partial charge in [0.1, 0.15) is 5.75 Å². The van der Waals surface area contributed by atoms with Crippen molar-refractivity contribution in [2.75, 3.05) is 26.7 Å². The summed E-state index contributed by atoms with van der Waals surface area (Å²) < 4.78 is 32.3. The lowest BCUT2D eigenvalue weighted by Crippen LogP contribution is -2.40. The smallest absolute Gasteiger partial charge is 0.257 e. The maximum atomic E-state index is 13.7. The number of fused-ring (bicyclic) bond motifs is 1. The summed E-state index contributed by atoms with van der Waals surface area (Å²) in [6.07, 6.45) is 3.28. The van der Waals surface area contributed by atoms with Crippen LogP contribution in [0.25, 0.3) is 0 Å². The van der Waals surface area contributed by atoms with Crippen LogP contribution in [0.3, 0.4) is 0 Å². The lowest BCUT2D eigenvalue weighted by atomic mass is 9.98. The number of nitrogens with zero attached hydrogens (tertiary/aromatic N) is 2. The molecule has 2 aliphatic heterocycles. The van der Waals surface area contributed by atoms with E-state index in [0.717, 1.165) is 37.9 Å². The van der Waals surface area contributed by atoms with Crippen LogP contribution in [-0.2, 0) is 6.54 Å². The Labute approximate surface area is 170 Å². The fourth-order valence-electron chi connectivity index (χ4n) is 4.66. The highest BCUT2D eigenvalue weighted by Gasteiger charge is 2.40. The molecule has 29 heavy (non-hydrogen) atoms. The molecule has 154 valence electrons. The number of carbonyl (C=O) groups excluding carboxylic acids is 1. The van der Waals surface area contributed by atoms with E-state index in [4.69, 9.17) is 4.74 Å². The third-order valence-electron chi connectivity index (χ3n) is 6.14. The predicted octanol–water partition coefficient (Wildman–Crippen LogP) is 4.10. The number of carbonyl (C=O) groups is 1. The summed E-state index contributed by atoms with van der Waals surface area (Å²) >= 11 is 0. The molecule has 2 atom stereocenters. The second-order valence-corrected chi connectivity index (χ2v) is 7.95. The zero-order chi connectivity index (χ0) is 20.4. The fourth-order valence-corrected chi connectivity index (χ4v) is 4.66. The van der Waals surface area contributed by atoms with Crippen LogP contribution in [-0.4, -0.2) is 48.5 Å². The van der Waals surface area contributed by atoms with E-state index < -0.39 is 11.6 Å². The van der Waals surface area contributed by atoms with E-state index in [-0.39, 0.29) is 11.9 Å². The van der Waals surface area contributed by atoms with Gasteiger partial charge in [0.25, 0.3) is 5.91 Å². The molecule has 0 unspecified atom stereocenters. The van der Waals surface area contributed by atoms with Crippen LogP contribution in [0.2, 0.25) is 0 Å². The number of methoxy groups -OCH3 is 1. The first-order valence-electron chi connectivity index (χ1n) is 10.2. The van der Waals surface area contributed by atoms with Gasteiger partial charge >= 0.3 is 0 Å². The topological polar surface area (TPSA) is 32.8 Å². The molecular weight excluding hydrogens is 374 g/mol. The molecule has 2 fully saturated rings.